The highest BCUT2D eigenvalue weighted by Gasteiger charge is 2.37. The van der Waals surface area contributed by atoms with E-state index in [4.69, 9.17) is 9.47 Å². The van der Waals surface area contributed by atoms with Gasteiger partial charge in [-0.15, -0.1) is 21.5 Å². The SMILES string of the molecule is COc1cccc(OC)c1-n1c(NSC(C)C(C)(F)c2ncc(Br)cn2)nnc1-c1nc(C)cs1. The molecular weight excluding hydrogens is 557 g/mol. The molecule has 4 aromatic rings. The maximum absolute atomic E-state index is 15.7. The summed E-state index contributed by atoms with van der Waals surface area (Å²) >= 11 is 5.87. The Morgan fingerprint density at radius 1 is 1.17 bits per heavy atom. The Kier molecular flexibility index (Phi) is 7.57. The van der Waals surface area contributed by atoms with Gasteiger partial charge in [0, 0.05) is 23.5 Å². The maximum atomic E-state index is 15.7. The van der Waals surface area contributed by atoms with Crippen LogP contribution in [-0.2, 0) is 5.67 Å². The smallest absolute Gasteiger partial charge is 0.239 e. The fourth-order valence-corrected chi connectivity index (χ4v) is 4.92. The van der Waals surface area contributed by atoms with Crippen molar-refractivity contribution < 1.29 is 13.9 Å². The van der Waals surface area contributed by atoms with Gasteiger partial charge in [-0.25, -0.2) is 19.3 Å². The van der Waals surface area contributed by atoms with E-state index in [0.717, 1.165) is 17.6 Å². The number of hydrogen-bond donors (Lipinski definition) is 1. The Labute approximate surface area is 218 Å². The average Bonchev–Trinajstić information content (AvgIpc) is 3.47. The lowest BCUT2D eigenvalue weighted by Crippen LogP contribution is -2.30. The van der Waals surface area contributed by atoms with E-state index in [-0.39, 0.29) is 5.82 Å². The molecule has 2 atom stereocenters. The first kappa shape index (κ1) is 25.3. The molecule has 1 N–H and O–H groups in total. The van der Waals surface area contributed by atoms with Crippen LogP contribution in [0.5, 0.6) is 11.5 Å². The molecule has 0 fully saturated rings. The van der Waals surface area contributed by atoms with Crippen molar-refractivity contribution >= 4 is 45.2 Å². The second-order valence-corrected chi connectivity index (χ2v) is 10.6. The molecule has 3 aromatic heterocycles. The van der Waals surface area contributed by atoms with Crippen LogP contribution >= 0.6 is 39.2 Å². The summed E-state index contributed by atoms with van der Waals surface area (Å²) in [6, 6.07) is 5.46. The van der Waals surface area contributed by atoms with Gasteiger partial charge in [0.2, 0.25) is 5.95 Å². The van der Waals surface area contributed by atoms with Crippen LogP contribution in [0.1, 0.15) is 25.4 Å². The average molecular weight is 581 g/mol. The summed E-state index contributed by atoms with van der Waals surface area (Å²) in [6.45, 7) is 5.11. The number of thiazole rings is 1. The minimum absolute atomic E-state index is 0.0920. The van der Waals surface area contributed by atoms with Gasteiger partial charge in [0.1, 0.15) is 17.2 Å². The van der Waals surface area contributed by atoms with Crippen molar-refractivity contribution in [3.8, 4) is 28.0 Å². The van der Waals surface area contributed by atoms with Gasteiger partial charge in [-0.2, -0.15) is 0 Å². The molecule has 0 aliphatic heterocycles. The van der Waals surface area contributed by atoms with Crippen molar-refractivity contribution in [1.82, 2.24) is 29.7 Å². The normalized spacial score (nSPS) is 13.8. The van der Waals surface area contributed by atoms with Crippen LogP contribution in [0.2, 0.25) is 0 Å². The zero-order chi connectivity index (χ0) is 25.2. The predicted molar refractivity (Wildman–Crippen MR) is 139 cm³/mol. The summed E-state index contributed by atoms with van der Waals surface area (Å²) < 4.78 is 32.5. The van der Waals surface area contributed by atoms with Crippen LogP contribution in [0.15, 0.2) is 40.4 Å². The highest BCUT2D eigenvalue weighted by atomic mass is 79.9. The molecule has 4 rings (SSSR count). The lowest BCUT2D eigenvalue weighted by molar-refractivity contribution is 0.179. The first-order valence-electron chi connectivity index (χ1n) is 10.4. The minimum atomic E-state index is -1.82. The number of halogens is 2. The highest BCUT2D eigenvalue weighted by molar-refractivity contribution is 9.10. The van der Waals surface area contributed by atoms with E-state index in [1.165, 1.54) is 30.7 Å². The Balaban J connectivity index is 1.73. The number of ether oxygens (including phenoxy) is 2. The molecule has 35 heavy (non-hydrogen) atoms. The monoisotopic (exact) mass is 579 g/mol. The lowest BCUT2D eigenvalue weighted by atomic mass is 10.0. The van der Waals surface area contributed by atoms with E-state index in [9.17, 15) is 0 Å². The first-order chi connectivity index (χ1) is 16.8. The van der Waals surface area contributed by atoms with Gasteiger partial charge in [-0.3, -0.25) is 9.29 Å². The van der Waals surface area contributed by atoms with Crippen LogP contribution in [0.3, 0.4) is 0 Å². The number of para-hydroxylation sites is 1. The number of hydrogen-bond acceptors (Lipinski definition) is 10. The zero-order valence-electron chi connectivity index (χ0n) is 19.6. The summed E-state index contributed by atoms with van der Waals surface area (Å²) in [5.41, 5.74) is -0.354. The molecule has 0 aliphatic rings. The van der Waals surface area contributed by atoms with Gasteiger partial charge in [0.15, 0.2) is 22.3 Å². The molecule has 0 aliphatic carbocycles. The van der Waals surface area contributed by atoms with Crippen LogP contribution in [0.25, 0.3) is 16.5 Å². The van der Waals surface area contributed by atoms with Gasteiger partial charge in [0.25, 0.3) is 0 Å². The summed E-state index contributed by atoms with van der Waals surface area (Å²) in [7, 11) is 3.15. The number of benzene rings is 1. The Bertz CT molecular complexity index is 1290. The van der Waals surface area contributed by atoms with Crippen molar-refractivity contribution in [2.75, 3.05) is 18.9 Å². The Morgan fingerprint density at radius 3 is 2.40 bits per heavy atom. The number of anilines is 1. The third-order valence-corrected chi connectivity index (χ3v) is 7.71. The maximum Gasteiger partial charge on any atom is 0.239 e. The Morgan fingerprint density at radius 2 is 1.83 bits per heavy atom. The number of rotatable bonds is 9. The van der Waals surface area contributed by atoms with E-state index in [1.54, 1.807) is 25.7 Å². The van der Waals surface area contributed by atoms with Crippen molar-refractivity contribution in [3.63, 3.8) is 0 Å². The molecule has 0 spiro atoms. The number of aryl methyl sites for hydroxylation is 1. The van der Waals surface area contributed by atoms with E-state index < -0.39 is 10.9 Å². The largest absolute Gasteiger partial charge is 0.494 e. The van der Waals surface area contributed by atoms with Gasteiger partial charge in [0.05, 0.1) is 23.9 Å². The molecular formula is C22H23BrFN7O2S2. The van der Waals surface area contributed by atoms with Crippen LogP contribution in [-0.4, -0.2) is 49.2 Å². The van der Waals surface area contributed by atoms with Gasteiger partial charge < -0.3 is 9.47 Å². The van der Waals surface area contributed by atoms with Gasteiger partial charge >= 0.3 is 0 Å². The van der Waals surface area contributed by atoms with Gasteiger partial charge in [-0.05, 0) is 60.8 Å². The second-order valence-electron chi connectivity index (χ2n) is 7.65. The fraction of sp³-hybridized carbons (Fsp3) is 0.318. The highest BCUT2D eigenvalue weighted by Crippen LogP contribution is 2.40. The molecule has 0 saturated carbocycles. The van der Waals surface area contributed by atoms with Crippen LogP contribution in [0.4, 0.5) is 10.3 Å². The third kappa shape index (κ3) is 5.11. The molecule has 2 unspecified atom stereocenters. The van der Waals surface area contributed by atoms with Gasteiger partial charge in [-0.1, -0.05) is 6.07 Å². The first-order valence-corrected chi connectivity index (χ1v) is 13.0. The van der Waals surface area contributed by atoms with Crippen LogP contribution < -0.4 is 14.2 Å². The summed E-state index contributed by atoms with van der Waals surface area (Å²) in [4.78, 5) is 12.8. The molecule has 1 aromatic carbocycles. The zero-order valence-corrected chi connectivity index (χ0v) is 22.8. The molecule has 0 radical (unpaired) electrons. The standard InChI is InChI=1S/C22H23BrFN7O2S2/c1-12-11-34-19(27-12)18-28-29-21(31(18)17-15(32-4)7-6-8-16(17)33-5)30-35-13(2)22(3,24)20-25-9-14(23)10-26-20/h6-11,13H,1-5H3,(H,29,30). The topological polar surface area (TPSA) is 99.9 Å². The summed E-state index contributed by atoms with van der Waals surface area (Å²) in [5.74, 6) is 2.06. The number of nitrogens with zero attached hydrogens (tertiary/aromatic N) is 6. The summed E-state index contributed by atoms with van der Waals surface area (Å²) in [5, 5.41) is 10.8. The lowest BCUT2D eigenvalue weighted by Gasteiger charge is -2.25. The van der Waals surface area contributed by atoms with E-state index in [2.05, 4.69) is 45.8 Å². The number of methoxy groups -OCH3 is 2. The molecule has 0 saturated heterocycles. The number of aromatic nitrogens is 6. The van der Waals surface area contributed by atoms with E-state index in [0.29, 0.717) is 38.4 Å². The second kappa shape index (κ2) is 10.5. The number of alkyl halides is 1. The summed E-state index contributed by atoms with van der Waals surface area (Å²) in [6.07, 6.45) is 3.05. The van der Waals surface area contributed by atoms with E-state index in [1.807, 2.05) is 30.5 Å². The molecule has 13 heteroatoms. The Hall–Kier alpha value is -2.77. The fourth-order valence-electron chi connectivity index (χ4n) is 3.21. The van der Waals surface area contributed by atoms with Crippen molar-refractivity contribution in [2.45, 2.75) is 31.7 Å². The molecule has 184 valence electrons. The molecule has 0 amide bonds. The van der Waals surface area contributed by atoms with E-state index >= 15 is 4.39 Å². The van der Waals surface area contributed by atoms with Crippen molar-refractivity contribution in [1.29, 1.82) is 0 Å². The minimum Gasteiger partial charge on any atom is -0.494 e. The van der Waals surface area contributed by atoms with Crippen LogP contribution in [0, 0.1) is 6.92 Å². The molecule has 0 bridgehead atoms. The quantitative estimate of drug-likeness (QED) is 0.254. The predicted octanol–water partition coefficient (Wildman–Crippen LogP) is 5.60. The van der Waals surface area contributed by atoms with Crippen molar-refractivity contribution in [3.05, 3.63) is 52.0 Å². The number of nitrogens with one attached hydrogen (secondary N) is 1. The molecule has 9 nitrogen and oxygen atoms in total. The van der Waals surface area contributed by atoms with Crippen molar-refractivity contribution in [2.24, 2.45) is 0 Å². The molecule has 3 heterocycles. The third-order valence-electron chi connectivity index (χ3n) is 5.25.